The van der Waals surface area contributed by atoms with Gasteiger partial charge in [0, 0.05) is 5.56 Å². The lowest BCUT2D eigenvalue weighted by molar-refractivity contribution is 0.0790. The molecule has 2 aromatic carbocycles. The number of carbonyl (C=O) groups excluding carboxylic acids is 1. The summed E-state index contributed by atoms with van der Waals surface area (Å²) in [6, 6.07) is 15.1. The maximum atomic E-state index is 14.3. The molecule has 4 aromatic rings. The molecule has 0 radical (unpaired) electrons. The van der Waals surface area contributed by atoms with Crippen molar-refractivity contribution < 1.29 is 23.2 Å². The minimum absolute atomic E-state index is 0.176. The highest BCUT2D eigenvalue weighted by atomic mass is 19.1. The zero-order chi connectivity index (χ0) is 21.4. The van der Waals surface area contributed by atoms with Crippen LogP contribution in [0.2, 0.25) is 0 Å². The van der Waals surface area contributed by atoms with Crippen LogP contribution < -0.4 is 14.8 Å². The van der Waals surface area contributed by atoms with E-state index in [1.54, 1.807) is 31.2 Å². The largest absolute Gasteiger partial charge is 0.486 e. The molecule has 0 spiro atoms. The molecule has 0 bridgehead atoms. The zero-order valence-electron chi connectivity index (χ0n) is 16.6. The van der Waals surface area contributed by atoms with Crippen LogP contribution in [0.3, 0.4) is 0 Å². The van der Waals surface area contributed by atoms with Gasteiger partial charge in [-0.15, -0.1) is 0 Å². The highest BCUT2D eigenvalue weighted by molar-refractivity contribution is 6.07. The summed E-state index contributed by atoms with van der Waals surface area (Å²) >= 11 is 0. The number of para-hydroxylation sites is 2. The molecule has 0 unspecified atom stereocenters. The fraction of sp³-hybridized carbons (Fsp3) is 0.174. The van der Waals surface area contributed by atoms with E-state index in [-0.39, 0.29) is 35.5 Å². The molecule has 0 fully saturated rings. The van der Waals surface area contributed by atoms with E-state index in [0.29, 0.717) is 34.7 Å². The van der Waals surface area contributed by atoms with E-state index in [0.717, 1.165) is 0 Å². The first-order chi connectivity index (χ1) is 15.1. The third kappa shape index (κ3) is 3.56. The van der Waals surface area contributed by atoms with E-state index >= 15 is 0 Å². The number of aromatic nitrogens is 2. The number of carbonyl (C=O) groups is 1. The van der Waals surface area contributed by atoms with Crippen LogP contribution in [-0.2, 0) is 0 Å². The van der Waals surface area contributed by atoms with Gasteiger partial charge < -0.3 is 19.3 Å². The van der Waals surface area contributed by atoms with E-state index < -0.39 is 5.82 Å². The molecule has 156 valence electrons. The van der Waals surface area contributed by atoms with Crippen molar-refractivity contribution in [3.8, 4) is 22.8 Å². The van der Waals surface area contributed by atoms with Crippen molar-refractivity contribution >= 4 is 17.0 Å². The first-order valence-electron chi connectivity index (χ1n) is 9.79. The minimum Gasteiger partial charge on any atom is -0.486 e. The van der Waals surface area contributed by atoms with Crippen LogP contribution in [0.4, 0.5) is 4.39 Å². The molecular weight excluding hydrogens is 401 g/mol. The number of hydrogen-bond donors (Lipinski definition) is 1. The summed E-state index contributed by atoms with van der Waals surface area (Å²) in [5, 5.41) is 7.27. The Kier molecular flexibility index (Phi) is 4.74. The van der Waals surface area contributed by atoms with Gasteiger partial charge in [0.25, 0.3) is 11.6 Å². The highest BCUT2D eigenvalue weighted by Crippen LogP contribution is 2.31. The second-order valence-electron chi connectivity index (χ2n) is 7.19. The van der Waals surface area contributed by atoms with Crippen molar-refractivity contribution in [2.24, 2.45) is 0 Å². The summed E-state index contributed by atoms with van der Waals surface area (Å²) < 4.78 is 31.2. The number of ether oxygens (including phenoxy) is 2. The van der Waals surface area contributed by atoms with E-state index in [9.17, 15) is 9.18 Å². The molecule has 0 aliphatic carbocycles. The lowest BCUT2D eigenvalue weighted by atomic mass is 10.0. The first-order valence-corrected chi connectivity index (χ1v) is 9.79. The van der Waals surface area contributed by atoms with Crippen LogP contribution in [0.1, 0.15) is 16.1 Å². The number of halogens is 1. The first kappa shape index (κ1) is 19.0. The summed E-state index contributed by atoms with van der Waals surface area (Å²) in [7, 11) is 0. The Morgan fingerprint density at radius 1 is 1.16 bits per heavy atom. The Morgan fingerprint density at radius 3 is 2.77 bits per heavy atom. The molecule has 1 amide bonds. The van der Waals surface area contributed by atoms with Crippen LogP contribution in [-0.4, -0.2) is 35.3 Å². The van der Waals surface area contributed by atoms with Gasteiger partial charge in [0.05, 0.1) is 28.9 Å². The van der Waals surface area contributed by atoms with Gasteiger partial charge in [0.15, 0.2) is 11.5 Å². The number of amides is 1. The van der Waals surface area contributed by atoms with Crippen LogP contribution in [0, 0.1) is 12.7 Å². The molecule has 1 atom stereocenters. The molecule has 2 aromatic heterocycles. The van der Waals surface area contributed by atoms with Gasteiger partial charge in [0.1, 0.15) is 18.5 Å². The Bertz CT molecular complexity index is 1290. The number of nitrogens with zero attached hydrogens (tertiary/aromatic N) is 2. The molecule has 3 heterocycles. The van der Waals surface area contributed by atoms with Gasteiger partial charge >= 0.3 is 0 Å². The molecule has 7 nitrogen and oxygen atoms in total. The molecular formula is C23H18FN3O4. The summed E-state index contributed by atoms with van der Waals surface area (Å²) in [4.78, 5) is 17.4. The smallest absolute Gasteiger partial charge is 0.259 e. The molecule has 1 N–H and O–H groups in total. The maximum Gasteiger partial charge on any atom is 0.259 e. The summed E-state index contributed by atoms with van der Waals surface area (Å²) in [5.74, 6) is 0.508. The number of hydrogen-bond acceptors (Lipinski definition) is 6. The van der Waals surface area contributed by atoms with Crippen LogP contribution in [0.5, 0.6) is 11.5 Å². The number of aryl methyl sites for hydroxylation is 1. The fourth-order valence-electron chi connectivity index (χ4n) is 3.55. The number of fused-ring (bicyclic) bond motifs is 2. The summed E-state index contributed by atoms with van der Waals surface area (Å²) in [5.41, 5.74) is 1.57. The molecule has 0 saturated carbocycles. The van der Waals surface area contributed by atoms with Gasteiger partial charge in [0.2, 0.25) is 0 Å². The van der Waals surface area contributed by atoms with Gasteiger partial charge in [-0.2, -0.15) is 0 Å². The van der Waals surface area contributed by atoms with Crippen molar-refractivity contribution in [1.29, 1.82) is 0 Å². The van der Waals surface area contributed by atoms with E-state index in [2.05, 4.69) is 15.5 Å². The van der Waals surface area contributed by atoms with Crippen LogP contribution in [0.15, 0.2) is 59.1 Å². The van der Waals surface area contributed by atoms with Gasteiger partial charge in [-0.25, -0.2) is 9.37 Å². The number of pyridine rings is 1. The van der Waals surface area contributed by atoms with Crippen molar-refractivity contribution in [3.05, 3.63) is 71.7 Å². The molecule has 0 saturated heterocycles. The van der Waals surface area contributed by atoms with Crippen molar-refractivity contribution in [1.82, 2.24) is 15.5 Å². The predicted octanol–water partition coefficient (Wildman–Crippen LogP) is 3.91. The Balaban J connectivity index is 1.42. The SMILES string of the molecule is Cc1noc2nc(-c3ccccc3F)cc(C(=O)NC[C@H]3COc4ccccc4O3)c12. The molecule has 1 aliphatic rings. The molecule has 5 rings (SSSR count). The Hall–Kier alpha value is -3.94. The second-order valence-corrected chi connectivity index (χ2v) is 7.19. The third-order valence-corrected chi connectivity index (χ3v) is 5.07. The van der Waals surface area contributed by atoms with Crippen molar-refractivity contribution in [2.75, 3.05) is 13.2 Å². The number of rotatable bonds is 4. The quantitative estimate of drug-likeness (QED) is 0.540. The van der Waals surface area contributed by atoms with Crippen molar-refractivity contribution in [3.63, 3.8) is 0 Å². The fourth-order valence-corrected chi connectivity index (χ4v) is 3.55. The monoisotopic (exact) mass is 419 g/mol. The summed E-state index contributed by atoms with van der Waals surface area (Å²) in [6.45, 7) is 2.27. The van der Waals surface area contributed by atoms with E-state index in [4.69, 9.17) is 14.0 Å². The van der Waals surface area contributed by atoms with Crippen LogP contribution >= 0.6 is 0 Å². The normalized spacial score (nSPS) is 15.1. The predicted molar refractivity (Wildman–Crippen MR) is 111 cm³/mol. The Labute approximate surface area is 176 Å². The average molecular weight is 419 g/mol. The lowest BCUT2D eigenvalue weighted by Gasteiger charge is -2.26. The average Bonchev–Trinajstić information content (AvgIpc) is 3.17. The van der Waals surface area contributed by atoms with Gasteiger partial charge in [-0.3, -0.25) is 4.79 Å². The molecule has 8 heteroatoms. The highest BCUT2D eigenvalue weighted by Gasteiger charge is 2.24. The molecule has 31 heavy (non-hydrogen) atoms. The second kappa shape index (κ2) is 7.71. The maximum absolute atomic E-state index is 14.3. The van der Waals surface area contributed by atoms with Gasteiger partial charge in [-0.1, -0.05) is 29.4 Å². The zero-order valence-corrected chi connectivity index (χ0v) is 16.6. The minimum atomic E-state index is -0.441. The number of benzene rings is 2. The van der Waals surface area contributed by atoms with E-state index in [1.807, 2.05) is 24.3 Å². The van der Waals surface area contributed by atoms with Crippen molar-refractivity contribution in [2.45, 2.75) is 13.0 Å². The lowest BCUT2D eigenvalue weighted by Crippen LogP contribution is -2.40. The topological polar surface area (TPSA) is 86.5 Å². The Morgan fingerprint density at radius 2 is 1.94 bits per heavy atom. The molecule has 1 aliphatic heterocycles. The van der Waals surface area contributed by atoms with Gasteiger partial charge in [-0.05, 0) is 37.3 Å². The van der Waals surface area contributed by atoms with Crippen LogP contribution in [0.25, 0.3) is 22.4 Å². The third-order valence-electron chi connectivity index (χ3n) is 5.07. The summed E-state index contributed by atoms with van der Waals surface area (Å²) in [6.07, 6.45) is -0.342. The number of nitrogens with one attached hydrogen (secondary N) is 1. The van der Waals surface area contributed by atoms with E-state index in [1.165, 1.54) is 6.07 Å². The standard InChI is InChI=1S/C23H18FN3O4/c1-13-21-16(10-18(26-23(21)31-27-13)15-6-2-3-7-17(15)24)22(28)25-11-14-12-29-19-8-4-5-9-20(19)30-14/h2-10,14H,11-12H2,1H3,(H,25,28)/t14-/m0/s1.